The Bertz CT molecular complexity index is 602. The summed E-state index contributed by atoms with van der Waals surface area (Å²) in [5.74, 6) is 0. The van der Waals surface area contributed by atoms with Crippen molar-refractivity contribution in [3.05, 3.63) is 15.6 Å². The molecule has 0 fully saturated rings. The summed E-state index contributed by atoms with van der Waals surface area (Å²) in [6, 6.07) is 0. The average molecular weight is 332 g/mol. The molecule has 5 nitrogen and oxygen atoms in total. The Morgan fingerprint density at radius 1 is 1.38 bits per heavy atom. The van der Waals surface area contributed by atoms with Crippen LogP contribution in [-0.2, 0) is 28.4 Å². The van der Waals surface area contributed by atoms with Gasteiger partial charge in [0.15, 0.2) is 0 Å². The van der Waals surface area contributed by atoms with Crippen molar-refractivity contribution in [2.45, 2.75) is 39.2 Å². The molecular formula is C14H25N3O2S2. The minimum atomic E-state index is -3.08. The highest BCUT2D eigenvalue weighted by atomic mass is 32.2. The van der Waals surface area contributed by atoms with Crippen molar-refractivity contribution in [1.82, 2.24) is 14.2 Å². The third-order valence-corrected chi connectivity index (χ3v) is 6.57. The number of hydrogen-bond acceptors (Lipinski definition) is 5. The van der Waals surface area contributed by atoms with Crippen molar-refractivity contribution in [2.24, 2.45) is 0 Å². The Labute approximate surface area is 132 Å². The Balaban J connectivity index is 1.98. The molecule has 0 aromatic carbocycles. The second kappa shape index (κ2) is 5.95. The van der Waals surface area contributed by atoms with Gasteiger partial charge in [-0.2, -0.15) is 0 Å². The van der Waals surface area contributed by atoms with E-state index in [1.165, 1.54) is 26.1 Å². The zero-order valence-electron chi connectivity index (χ0n) is 13.5. The van der Waals surface area contributed by atoms with Gasteiger partial charge in [-0.25, -0.2) is 17.7 Å². The van der Waals surface area contributed by atoms with Crippen LogP contribution >= 0.6 is 11.3 Å². The van der Waals surface area contributed by atoms with Gasteiger partial charge in [-0.1, -0.05) is 20.8 Å². The summed E-state index contributed by atoms with van der Waals surface area (Å²) >= 11 is 1.80. The number of fused-ring (bicyclic) bond motifs is 1. The molecule has 120 valence electrons. The van der Waals surface area contributed by atoms with E-state index in [1.54, 1.807) is 18.4 Å². The van der Waals surface area contributed by atoms with Gasteiger partial charge >= 0.3 is 0 Å². The average Bonchev–Trinajstić information content (AvgIpc) is 2.77. The van der Waals surface area contributed by atoms with Crippen LogP contribution in [0.2, 0.25) is 0 Å². The molecule has 0 saturated heterocycles. The van der Waals surface area contributed by atoms with E-state index in [1.807, 2.05) is 0 Å². The van der Waals surface area contributed by atoms with Gasteiger partial charge in [0.1, 0.15) is 0 Å². The minimum absolute atomic E-state index is 0.101. The van der Waals surface area contributed by atoms with E-state index >= 15 is 0 Å². The summed E-state index contributed by atoms with van der Waals surface area (Å²) < 4.78 is 24.2. The van der Waals surface area contributed by atoms with Gasteiger partial charge in [0, 0.05) is 49.9 Å². The maximum atomic E-state index is 11.4. The standard InChI is InChI=1S/C14H25N3O2S2/c1-14(2,3)13-15-11-6-7-17(10-12(11)20-13)9-8-16(4)21(5,18)19/h6-10H2,1-5H3. The van der Waals surface area contributed by atoms with Crippen LogP contribution in [0.1, 0.15) is 36.3 Å². The lowest BCUT2D eigenvalue weighted by molar-refractivity contribution is 0.241. The Hall–Kier alpha value is -0.500. The zero-order chi connectivity index (χ0) is 15.8. The number of sulfonamides is 1. The van der Waals surface area contributed by atoms with Crippen LogP contribution in [0.4, 0.5) is 0 Å². The number of aromatic nitrogens is 1. The predicted octanol–water partition coefficient (Wildman–Crippen LogP) is 1.69. The van der Waals surface area contributed by atoms with Crippen molar-refractivity contribution in [3.8, 4) is 0 Å². The Morgan fingerprint density at radius 3 is 2.62 bits per heavy atom. The minimum Gasteiger partial charge on any atom is -0.296 e. The third kappa shape index (κ3) is 4.25. The van der Waals surface area contributed by atoms with E-state index in [0.29, 0.717) is 6.54 Å². The van der Waals surface area contributed by atoms with Crippen LogP contribution in [0.25, 0.3) is 0 Å². The lowest BCUT2D eigenvalue weighted by Gasteiger charge is -2.27. The fourth-order valence-corrected chi connectivity index (χ4v) is 3.83. The summed E-state index contributed by atoms with van der Waals surface area (Å²) in [4.78, 5) is 8.43. The molecule has 2 rings (SSSR count). The highest BCUT2D eigenvalue weighted by Crippen LogP contribution is 2.32. The molecule has 0 N–H and O–H groups in total. The number of likely N-dealkylation sites (N-methyl/N-ethyl adjacent to an activating group) is 1. The van der Waals surface area contributed by atoms with Crippen LogP contribution in [0, 0.1) is 0 Å². The van der Waals surface area contributed by atoms with Crippen LogP contribution in [0.5, 0.6) is 0 Å². The fourth-order valence-electron chi connectivity index (χ4n) is 2.21. The fraction of sp³-hybridized carbons (Fsp3) is 0.786. The lowest BCUT2D eigenvalue weighted by Crippen LogP contribution is -2.38. The number of rotatable bonds is 4. The van der Waals surface area contributed by atoms with Crippen molar-refractivity contribution in [1.29, 1.82) is 0 Å². The van der Waals surface area contributed by atoms with Gasteiger partial charge in [-0.15, -0.1) is 11.3 Å². The topological polar surface area (TPSA) is 53.5 Å². The molecule has 1 aliphatic heterocycles. The molecule has 0 saturated carbocycles. The van der Waals surface area contributed by atoms with Crippen LogP contribution in [-0.4, -0.2) is 55.5 Å². The molecule has 1 aliphatic rings. The summed E-state index contributed by atoms with van der Waals surface area (Å²) in [7, 11) is -1.45. The maximum absolute atomic E-state index is 11.4. The quantitative estimate of drug-likeness (QED) is 0.842. The SMILES string of the molecule is CN(CCN1CCc2nc(C(C)(C)C)sc2C1)S(C)(=O)=O. The molecular weight excluding hydrogens is 306 g/mol. The van der Waals surface area contributed by atoms with E-state index in [2.05, 4.69) is 25.7 Å². The van der Waals surface area contributed by atoms with Crippen LogP contribution in [0.15, 0.2) is 0 Å². The molecule has 1 aromatic heterocycles. The highest BCUT2D eigenvalue weighted by molar-refractivity contribution is 7.88. The van der Waals surface area contributed by atoms with Crippen molar-refractivity contribution in [2.75, 3.05) is 32.9 Å². The van der Waals surface area contributed by atoms with Gasteiger partial charge in [0.2, 0.25) is 10.0 Å². The molecule has 0 amide bonds. The Morgan fingerprint density at radius 2 is 2.05 bits per heavy atom. The second-order valence-electron chi connectivity index (χ2n) is 6.75. The smallest absolute Gasteiger partial charge is 0.210 e. The Kier molecular flexibility index (Phi) is 4.78. The van der Waals surface area contributed by atoms with Gasteiger partial charge in [-0.3, -0.25) is 4.90 Å². The molecule has 0 radical (unpaired) electrons. The van der Waals surface area contributed by atoms with Crippen LogP contribution in [0.3, 0.4) is 0 Å². The third-order valence-electron chi connectivity index (χ3n) is 3.75. The van der Waals surface area contributed by atoms with Crippen LogP contribution < -0.4 is 0 Å². The first kappa shape index (κ1) is 16.9. The second-order valence-corrected chi connectivity index (χ2v) is 9.92. The summed E-state index contributed by atoms with van der Waals surface area (Å²) in [5, 5.41) is 1.20. The van der Waals surface area contributed by atoms with E-state index < -0.39 is 10.0 Å². The number of thiazole rings is 1. The largest absolute Gasteiger partial charge is 0.296 e. The van der Waals surface area contributed by atoms with E-state index in [9.17, 15) is 8.42 Å². The molecule has 1 aromatic rings. The van der Waals surface area contributed by atoms with Crippen molar-refractivity contribution in [3.63, 3.8) is 0 Å². The summed E-state index contributed by atoms with van der Waals surface area (Å²) in [5.41, 5.74) is 1.33. The molecule has 0 atom stereocenters. The van der Waals surface area contributed by atoms with E-state index in [-0.39, 0.29) is 5.41 Å². The van der Waals surface area contributed by atoms with Gasteiger partial charge in [0.05, 0.1) is 17.0 Å². The summed E-state index contributed by atoms with van der Waals surface area (Å²) in [6.07, 6.45) is 2.21. The highest BCUT2D eigenvalue weighted by Gasteiger charge is 2.25. The molecule has 2 heterocycles. The molecule has 0 spiro atoms. The van der Waals surface area contributed by atoms with Gasteiger partial charge in [-0.05, 0) is 0 Å². The zero-order valence-corrected chi connectivity index (χ0v) is 15.1. The number of hydrogen-bond donors (Lipinski definition) is 0. The summed E-state index contributed by atoms with van der Waals surface area (Å²) in [6.45, 7) is 9.73. The first-order valence-corrected chi connectivity index (χ1v) is 9.86. The molecule has 0 bridgehead atoms. The number of nitrogens with zero attached hydrogens (tertiary/aromatic N) is 3. The first-order valence-electron chi connectivity index (χ1n) is 7.20. The molecule has 0 unspecified atom stereocenters. The first-order chi connectivity index (χ1) is 9.57. The monoisotopic (exact) mass is 331 g/mol. The lowest BCUT2D eigenvalue weighted by atomic mass is 9.98. The predicted molar refractivity (Wildman–Crippen MR) is 87.3 cm³/mol. The van der Waals surface area contributed by atoms with Crippen molar-refractivity contribution < 1.29 is 8.42 Å². The molecule has 7 heteroatoms. The normalized spacial score (nSPS) is 17.2. The molecule has 0 aliphatic carbocycles. The van der Waals surface area contributed by atoms with Crippen molar-refractivity contribution >= 4 is 21.4 Å². The maximum Gasteiger partial charge on any atom is 0.210 e. The molecule has 21 heavy (non-hydrogen) atoms. The van der Waals surface area contributed by atoms with Gasteiger partial charge < -0.3 is 0 Å². The van der Waals surface area contributed by atoms with E-state index in [0.717, 1.165) is 26.1 Å². The van der Waals surface area contributed by atoms with E-state index in [4.69, 9.17) is 4.98 Å². The van der Waals surface area contributed by atoms with Gasteiger partial charge in [0.25, 0.3) is 0 Å².